The summed E-state index contributed by atoms with van der Waals surface area (Å²) < 4.78 is 5.28. The predicted octanol–water partition coefficient (Wildman–Crippen LogP) is 3.62. The van der Waals surface area contributed by atoms with Gasteiger partial charge in [-0.3, -0.25) is 4.79 Å². The molecule has 0 radical (unpaired) electrons. The molecule has 1 aromatic rings. The van der Waals surface area contributed by atoms with Crippen LogP contribution in [0, 0.1) is 6.92 Å². The average molecular weight is 338 g/mol. The minimum Gasteiger partial charge on any atom is -0.444 e. The number of hydrogen-bond acceptors (Lipinski definition) is 4. The number of nitrogens with one attached hydrogen (secondary N) is 2. The van der Waals surface area contributed by atoms with Gasteiger partial charge in [-0.25, -0.2) is 4.79 Å². The molecular formula is C17H26N2O3S. The molecular weight excluding hydrogens is 312 g/mol. The first-order valence-corrected chi connectivity index (χ1v) is 8.92. The SMILES string of the molecule is Cc1ccsc1C(=O)NC1(CNC(=O)OC(C)(C)C)CCCC1. The Labute approximate surface area is 141 Å². The molecule has 1 aromatic heterocycles. The van der Waals surface area contributed by atoms with Gasteiger partial charge in [0.1, 0.15) is 5.60 Å². The van der Waals surface area contributed by atoms with Gasteiger partial charge in [-0.05, 0) is 57.5 Å². The number of carbonyl (C=O) groups excluding carboxylic acids is 2. The highest BCUT2D eigenvalue weighted by Crippen LogP contribution is 2.30. The van der Waals surface area contributed by atoms with E-state index in [0.717, 1.165) is 36.1 Å². The molecule has 2 N–H and O–H groups in total. The monoisotopic (exact) mass is 338 g/mol. The first-order valence-electron chi connectivity index (χ1n) is 8.04. The van der Waals surface area contributed by atoms with Gasteiger partial charge >= 0.3 is 6.09 Å². The molecule has 5 nitrogen and oxygen atoms in total. The van der Waals surface area contributed by atoms with Crippen LogP contribution >= 0.6 is 11.3 Å². The number of ether oxygens (including phenoxy) is 1. The van der Waals surface area contributed by atoms with Crippen LogP contribution in [0.2, 0.25) is 0 Å². The van der Waals surface area contributed by atoms with E-state index in [1.54, 1.807) is 0 Å². The fourth-order valence-corrected chi connectivity index (χ4v) is 3.68. The van der Waals surface area contributed by atoms with E-state index >= 15 is 0 Å². The van der Waals surface area contributed by atoms with Crippen LogP contribution in [0.5, 0.6) is 0 Å². The van der Waals surface area contributed by atoms with E-state index in [-0.39, 0.29) is 11.4 Å². The Hall–Kier alpha value is -1.56. The van der Waals surface area contributed by atoms with Gasteiger partial charge in [0.2, 0.25) is 0 Å². The molecule has 1 fully saturated rings. The quantitative estimate of drug-likeness (QED) is 0.881. The van der Waals surface area contributed by atoms with Gasteiger partial charge < -0.3 is 15.4 Å². The van der Waals surface area contributed by atoms with Crippen molar-refractivity contribution in [2.24, 2.45) is 0 Å². The second-order valence-electron chi connectivity index (χ2n) is 7.23. The molecule has 1 aliphatic rings. The molecule has 0 atom stereocenters. The number of rotatable bonds is 4. The van der Waals surface area contributed by atoms with Gasteiger partial charge in [0.15, 0.2) is 0 Å². The molecule has 1 saturated carbocycles. The van der Waals surface area contributed by atoms with Gasteiger partial charge in [-0.15, -0.1) is 11.3 Å². The van der Waals surface area contributed by atoms with E-state index in [4.69, 9.17) is 4.74 Å². The van der Waals surface area contributed by atoms with Crippen LogP contribution in [0.15, 0.2) is 11.4 Å². The zero-order valence-corrected chi connectivity index (χ0v) is 15.1. The van der Waals surface area contributed by atoms with Crippen molar-refractivity contribution in [3.05, 3.63) is 21.9 Å². The summed E-state index contributed by atoms with van der Waals surface area (Å²) in [6.07, 6.45) is 3.42. The summed E-state index contributed by atoms with van der Waals surface area (Å²) in [7, 11) is 0. The van der Waals surface area contributed by atoms with Crippen LogP contribution in [0.25, 0.3) is 0 Å². The summed E-state index contributed by atoms with van der Waals surface area (Å²) >= 11 is 1.45. The molecule has 1 aliphatic carbocycles. The maximum Gasteiger partial charge on any atom is 0.407 e. The molecule has 2 amide bonds. The molecule has 23 heavy (non-hydrogen) atoms. The molecule has 0 saturated heterocycles. The number of alkyl carbamates (subject to hydrolysis) is 1. The third kappa shape index (κ3) is 4.96. The number of carbonyl (C=O) groups is 2. The Morgan fingerprint density at radius 2 is 1.96 bits per heavy atom. The fourth-order valence-electron chi connectivity index (χ4n) is 2.86. The van der Waals surface area contributed by atoms with E-state index in [0.29, 0.717) is 6.54 Å². The minimum atomic E-state index is -0.524. The van der Waals surface area contributed by atoms with Crippen LogP contribution in [-0.4, -0.2) is 29.7 Å². The number of aryl methyl sites for hydroxylation is 1. The molecule has 6 heteroatoms. The van der Waals surface area contributed by atoms with Crippen molar-refractivity contribution in [2.75, 3.05) is 6.54 Å². The highest BCUT2D eigenvalue weighted by Gasteiger charge is 2.36. The molecule has 0 spiro atoms. The molecule has 1 heterocycles. The summed E-state index contributed by atoms with van der Waals surface area (Å²) in [6, 6.07) is 1.94. The topological polar surface area (TPSA) is 67.4 Å². The molecule has 0 unspecified atom stereocenters. The predicted molar refractivity (Wildman–Crippen MR) is 92.0 cm³/mol. The Balaban J connectivity index is 1.98. The maximum absolute atomic E-state index is 12.5. The summed E-state index contributed by atoms with van der Waals surface area (Å²) in [6.45, 7) is 7.83. The lowest BCUT2D eigenvalue weighted by Gasteiger charge is -2.31. The van der Waals surface area contributed by atoms with Crippen molar-refractivity contribution in [1.82, 2.24) is 10.6 Å². The zero-order chi connectivity index (χ0) is 17.1. The van der Waals surface area contributed by atoms with Crippen molar-refractivity contribution >= 4 is 23.3 Å². The Morgan fingerprint density at radius 1 is 1.30 bits per heavy atom. The van der Waals surface area contributed by atoms with Crippen molar-refractivity contribution in [3.63, 3.8) is 0 Å². The second kappa shape index (κ2) is 6.91. The number of amides is 2. The van der Waals surface area contributed by atoms with Crippen LogP contribution in [0.4, 0.5) is 4.79 Å². The standard InChI is InChI=1S/C17H26N2O3S/c1-12-7-10-23-13(12)14(20)19-17(8-5-6-9-17)11-18-15(21)22-16(2,3)4/h7,10H,5-6,8-9,11H2,1-4H3,(H,18,21)(H,19,20). The Kier molecular flexibility index (Phi) is 5.34. The van der Waals surface area contributed by atoms with Gasteiger partial charge in [-0.2, -0.15) is 0 Å². The lowest BCUT2D eigenvalue weighted by molar-refractivity contribution is 0.0505. The normalized spacial score (nSPS) is 16.9. The van der Waals surface area contributed by atoms with Crippen molar-refractivity contribution in [2.45, 2.75) is 64.5 Å². The zero-order valence-electron chi connectivity index (χ0n) is 14.3. The van der Waals surface area contributed by atoms with Gasteiger partial charge in [0, 0.05) is 6.54 Å². The average Bonchev–Trinajstić information content (AvgIpc) is 3.04. The Bertz CT molecular complexity index is 569. The number of thiophene rings is 1. The smallest absolute Gasteiger partial charge is 0.407 e. The second-order valence-corrected chi connectivity index (χ2v) is 8.15. The van der Waals surface area contributed by atoms with E-state index in [2.05, 4.69) is 10.6 Å². The lowest BCUT2D eigenvalue weighted by Crippen LogP contribution is -2.54. The van der Waals surface area contributed by atoms with Crippen LogP contribution in [0.3, 0.4) is 0 Å². The molecule has 0 aliphatic heterocycles. The first-order chi connectivity index (χ1) is 10.7. The van der Waals surface area contributed by atoms with Gasteiger partial charge in [-0.1, -0.05) is 12.8 Å². The summed E-state index contributed by atoms with van der Waals surface area (Å²) in [5.41, 5.74) is 0.0926. The summed E-state index contributed by atoms with van der Waals surface area (Å²) in [4.78, 5) is 25.1. The van der Waals surface area contributed by atoms with E-state index in [1.165, 1.54) is 11.3 Å². The van der Waals surface area contributed by atoms with E-state index in [1.807, 2.05) is 39.1 Å². The van der Waals surface area contributed by atoms with Crippen LogP contribution < -0.4 is 10.6 Å². The van der Waals surface area contributed by atoms with Gasteiger partial charge in [0.25, 0.3) is 5.91 Å². The van der Waals surface area contributed by atoms with Crippen molar-refractivity contribution < 1.29 is 14.3 Å². The maximum atomic E-state index is 12.5. The highest BCUT2D eigenvalue weighted by molar-refractivity contribution is 7.12. The third-order valence-electron chi connectivity index (χ3n) is 3.98. The Morgan fingerprint density at radius 3 is 2.48 bits per heavy atom. The largest absolute Gasteiger partial charge is 0.444 e. The molecule has 0 aromatic carbocycles. The van der Waals surface area contributed by atoms with Gasteiger partial charge in [0.05, 0.1) is 10.4 Å². The van der Waals surface area contributed by atoms with E-state index < -0.39 is 11.7 Å². The van der Waals surface area contributed by atoms with Crippen molar-refractivity contribution in [3.8, 4) is 0 Å². The highest BCUT2D eigenvalue weighted by atomic mass is 32.1. The fraction of sp³-hybridized carbons (Fsp3) is 0.647. The molecule has 128 valence electrons. The third-order valence-corrected chi connectivity index (χ3v) is 4.99. The number of hydrogen-bond donors (Lipinski definition) is 2. The minimum absolute atomic E-state index is 0.0506. The van der Waals surface area contributed by atoms with Crippen LogP contribution in [0.1, 0.15) is 61.7 Å². The van der Waals surface area contributed by atoms with Crippen molar-refractivity contribution in [1.29, 1.82) is 0 Å². The van der Waals surface area contributed by atoms with E-state index in [9.17, 15) is 9.59 Å². The molecule has 0 bridgehead atoms. The lowest BCUT2D eigenvalue weighted by atomic mass is 9.97. The van der Waals surface area contributed by atoms with Crippen LogP contribution in [-0.2, 0) is 4.74 Å². The summed E-state index contributed by atoms with van der Waals surface area (Å²) in [5, 5.41) is 7.89. The summed E-state index contributed by atoms with van der Waals surface area (Å²) in [5.74, 6) is -0.0506. The molecule has 2 rings (SSSR count). The first kappa shape index (κ1) is 17.8.